The maximum absolute atomic E-state index is 11.5. The minimum atomic E-state index is -0.714. The van der Waals surface area contributed by atoms with Crippen molar-refractivity contribution in [3.05, 3.63) is 0 Å². The fourth-order valence-electron chi connectivity index (χ4n) is 2.83. The first-order chi connectivity index (χ1) is 6.29. The molecule has 2 N–H and O–H groups in total. The predicted molar refractivity (Wildman–Crippen MR) is 46.0 cm³/mol. The van der Waals surface area contributed by atoms with Crippen LogP contribution in [0.25, 0.3) is 0 Å². The van der Waals surface area contributed by atoms with Crippen LogP contribution in [0.4, 0.5) is 0 Å². The number of carbonyl (C=O) groups excluding carboxylic acids is 1. The molecule has 13 heavy (non-hydrogen) atoms. The fraction of sp³-hybridized carbons (Fsp3) is 0.889. The number of amides is 1. The summed E-state index contributed by atoms with van der Waals surface area (Å²) in [6.45, 7) is 2.86. The van der Waals surface area contributed by atoms with E-state index in [0.717, 1.165) is 19.6 Å². The maximum atomic E-state index is 11.5. The van der Waals surface area contributed by atoms with E-state index in [2.05, 4.69) is 5.32 Å². The van der Waals surface area contributed by atoms with E-state index < -0.39 is 6.10 Å². The Hall–Kier alpha value is -0.610. The molecule has 0 aromatic carbocycles. The molecular weight excluding hydrogens is 168 g/mol. The van der Waals surface area contributed by atoms with Crippen LogP contribution in [0.1, 0.15) is 6.42 Å². The van der Waals surface area contributed by atoms with Gasteiger partial charge in [0.1, 0.15) is 6.10 Å². The number of hydrogen-bond acceptors (Lipinski definition) is 3. The monoisotopic (exact) mass is 182 g/mol. The van der Waals surface area contributed by atoms with Crippen LogP contribution in [-0.4, -0.2) is 47.7 Å². The average Bonchev–Trinajstić information content (AvgIpc) is 2.49. The largest absolute Gasteiger partial charge is 0.383 e. The molecule has 0 aromatic heterocycles. The number of fused-ring (bicyclic) bond motifs is 1. The predicted octanol–water partition coefficient (Wildman–Crippen LogP) is -1.20. The van der Waals surface area contributed by atoms with Crippen LogP contribution in [0.2, 0.25) is 0 Å². The Bertz CT molecular complexity index is 246. The van der Waals surface area contributed by atoms with Crippen LogP contribution < -0.4 is 5.32 Å². The van der Waals surface area contributed by atoms with Crippen molar-refractivity contribution in [1.82, 2.24) is 10.2 Å². The van der Waals surface area contributed by atoms with E-state index in [1.807, 2.05) is 4.90 Å². The third-order valence-corrected chi connectivity index (χ3v) is 3.62. The lowest BCUT2D eigenvalue weighted by molar-refractivity contribution is -0.135. The third-order valence-electron chi connectivity index (χ3n) is 3.62. The molecule has 3 rings (SSSR count). The molecule has 1 saturated carbocycles. The van der Waals surface area contributed by atoms with Gasteiger partial charge in [-0.25, -0.2) is 0 Å². The molecule has 0 bridgehead atoms. The molecule has 1 amide bonds. The number of hydrogen-bond donors (Lipinski definition) is 2. The van der Waals surface area contributed by atoms with Crippen molar-refractivity contribution >= 4 is 5.91 Å². The van der Waals surface area contributed by atoms with Gasteiger partial charge in [-0.3, -0.25) is 4.79 Å². The molecule has 3 aliphatic rings. The van der Waals surface area contributed by atoms with Crippen LogP contribution in [0.3, 0.4) is 0 Å². The minimum absolute atomic E-state index is 0.0422. The van der Waals surface area contributed by atoms with E-state index in [0.29, 0.717) is 24.3 Å². The van der Waals surface area contributed by atoms with E-state index in [4.69, 9.17) is 0 Å². The van der Waals surface area contributed by atoms with Crippen LogP contribution in [0.5, 0.6) is 0 Å². The van der Waals surface area contributed by atoms with Gasteiger partial charge in [0.15, 0.2) is 0 Å². The summed E-state index contributed by atoms with van der Waals surface area (Å²) in [4.78, 5) is 13.4. The molecule has 4 heteroatoms. The first-order valence-corrected chi connectivity index (χ1v) is 4.98. The van der Waals surface area contributed by atoms with Crippen molar-refractivity contribution in [1.29, 1.82) is 0 Å². The van der Waals surface area contributed by atoms with Gasteiger partial charge in [-0.15, -0.1) is 0 Å². The average molecular weight is 182 g/mol. The molecule has 0 spiro atoms. The van der Waals surface area contributed by atoms with Crippen LogP contribution in [-0.2, 0) is 4.79 Å². The van der Waals surface area contributed by atoms with E-state index >= 15 is 0 Å². The fourth-order valence-corrected chi connectivity index (χ4v) is 2.83. The number of nitrogens with one attached hydrogen (secondary N) is 1. The molecule has 1 aliphatic carbocycles. The standard InChI is InChI=1S/C9H14N2O2/c12-7-1-2-11(9(7)13)8-5-3-10-4-6(5)8/h5-8,10,12H,1-4H2/t5-,6+,7-,8?/m1/s1. The molecule has 1 unspecified atom stereocenters. The van der Waals surface area contributed by atoms with Gasteiger partial charge in [0, 0.05) is 25.7 Å². The van der Waals surface area contributed by atoms with Gasteiger partial charge < -0.3 is 15.3 Å². The Balaban J connectivity index is 1.71. The van der Waals surface area contributed by atoms with Crippen molar-refractivity contribution < 1.29 is 9.90 Å². The molecular formula is C9H14N2O2. The summed E-state index contributed by atoms with van der Waals surface area (Å²) in [5.74, 6) is 1.31. The van der Waals surface area contributed by atoms with Crippen molar-refractivity contribution in [2.24, 2.45) is 11.8 Å². The summed E-state index contributed by atoms with van der Waals surface area (Å²) in [6, 6.07) is 0.450. The van der Waals surface area contributed by atoms with Crippen molar-refractivity contribution in [2.75, 3.05) is 19.6 Å². The first-order valence-electron chi connectivity index (χ1n) is 4.98. The van der Waals surface area contributed by atoms with Crippen molar-refractivity contribution in [3.63, 3.8) is 0 Å². The molecule has 3 fully saturated rings. The Morgan fingerprint density at radius 1 is 1.38 bits per heavy atom. The SMILES string of the molecule is O=C1[C@H](O)CCN1C1[C@H]2CNC[C@@H]12. The second-order valence-electron chi connectivity index (χ2n) is 4.31. The Kier molecular flexibility index (Phi) is 1.46. The van der Waals surface area contributed by atoms with E-state index in [9.17, 15) is 9.90 Å². The topological polar surface area (TPSA) is 52.6 Å². The summed E-state index contributed by atoms with van der Waals surface area (Å²) in [7, 11) is 0. The lowest BCUT2D eigenvalue weighted by Crippen LogP contribution is -2.36. The third kappa shape index (κ3) is 0.957. The lowest BCUT2D eigenvalue weighted by Gasteiger charge is -2.18. The van der Waals surface area contributed by atoms with E-state index in [1.54, 1.807) is 0 Å². The first kappa shape index (κ1) is 7.76. The second-order valence-corrected chi connectivity index (χ2v) is 4.31. The molecule has 72 valence electrons. The number of aliphatic hydroxyl groups is 1. The smallest absolute Gasteiger partial charge is 0.251 e. The van der Waals surface area contributed by atoms with Gasteiger partial charge in [-0.05, 0) is 18.3 Å². The number of likely N-dealkylation sites (tertiary alicyclic amines) is 1. The number of piperidine rings is 1. The molecule has 2 aliphatic heterocycles. The molecule has 4 atom stereocenters. The number of rotatable bonds is 1. The van der Waals surface area contributed by atoms with Crippen molar-refractivity contribution in [2.45, 2.75) is 18.6 Å². The second kappa shape index (κ2) is 2.45. The van der Waals surface area contributed by atoms with E-state index in [-0.39, 0.29) is 5.91 Å². The number of nitrogens with zero attached hydrogens (tertiary/aromatic N) is 1. The number of carbonyl (C=O) groups is 1. The molecule has 2 heterocycles. The Labute approximate surface area is 76.9 Å². The normalized spacial score (nSPS) is 48.4. The molecule has 2 saturated heterocycles. The van der Waals surface area contributed by atoms with Gasteiger partial charge in [0.05, 0.1) is 0 Å². The van der Waals surface area contributed by atoms with Crippen LogP contribution in [0.15, 0.2) is 0 Å². The summed E-state index contributed by atoms with van der Waals surface area (Å²) >= 11 is 0. The van der Waals surface area contributed by atoms with Gasteiger partial charge >= 0.3 is 0 Å². The summed E-state index contributed by atoms with van der Waals surface area (Å²) < 4.78 is 0. The zero-order valence-electron chi connectivity index (χ0n) is 7.44. The lowest BCUT2D eigenvalue weighted by atomic mass is 10.3. The highest BCUT2D eigenvalue weighted by Gasteiger charge is 2.58. The van der Waals surface area contributed by atoms with Crippen molar-refractivity contribution in [3.8, 4) is 0 Å². The zero-order chi connectivity index (χ0) is 9.00. The maximum Gasteiger partial charge on any atom is 0.251 e. The van der Waals surface area contributed by atoms with Gasteiger partial charge in [-0.2, -0.15) is 0 Å². The highest BCUT2D eigenvalue weighted by Crippen LogP contribution is 2.46. The van der Waals surface area contributed by atoms with Gasteiger partial charge in [-0.1, -0.05) is 0 Å². The zero-order valence-corrected chi connectivity index (χ0v) is 7.44. The Morgan fingerprint density at radius 2 is 2.08 bits per heavy atom. The quantitative estimate of drug-likeness (QED) is 0.535. The van der Waals surface area contributed by atoms with Gasteiger partial charge in [0.25, 0.3) is 5.91 Å². The molecule has 4 nitrogen and oxygen atoms in total. The number of aliphatic hydroxyl groups excluding tert-OH is 1. The summed E-state index contributed by atoms with van der Waals surface area (Å²) in [6.07, 6.45) is -0.0864. The highest BCUT2D eigenvalue weighted by molar-refractivity contribution is 5.83. The molecule has 0 radical (unpaired) electrons. The van der Waals surface area contributed by atoms with Gasteiger partial charge in [0.2, 0.25) is 0 Å². The van der Waals surface area contributed by atoms with Crippen LogP contribution in [0, 0.1) is 11.8 Å². The van der Waals surface area contributed by atoms with Crippen LogP contribution >= 0.6 is 0 Å². The summed E-state index contributed by atoms with van der Waals surface area (Å²) in [5, 5.41) is 12.6. The highest BCUT2D eigenvalue weighted by atomic mass is 16.3. The Morgan fingerprint density at radius 3 is 2.62 bits per heavy atom. The molecule has 0 aromatic rings. The van der Waals surface area contributed by atoms with E-state index in [1.165, 1.54) is 0 Å². The summed E-state index contributed by atoms with van der Waals surface area (Å²) in [5.41, 5.74) is 0. The minimum Gasteiger partial charge on any atom is -0.383 e.